The summed E-state index contributed by atoms with van der Waals surface area (Å²) in [6, 6.07) is 15.7. The third kappa shape index (κ3) is 3.29. The fraction of sp³-hybridized carbons (Fsp3) is 0.316. The number of esters is 1. The maximum atomic E-state index is 12.0. The molecule has 6 nitrogen and oxygen atoms in total. The Labute approximate surface area is 144 Å². The van der Waals surface area contributed by atoms with Crippen molar-refractivity contribution >= 4 is 5.97 Å². The zero-order valence-corrected chi connectivity index (χ0v) is 13.4. The first-order valence-electron chi connectivity index (χ1n) is 8.04. The van der Waals surface area contributed by atoms with E-state index in [0.29, 0.717) is 0 Å². The lowest BCUT2D eigenvalue weighted by molar-refractivity contribution is -0.166. The maximum Gasteiger partial charge on any atom is 0.337 e. The Morgan fingerprint density at radius 1 is 0.960 bits per heavy atom. The molecule has 1 aliphatic carbocycles. The molecule has 3 rings (SSSR count). The van der Waals surface area contributed by atoms with Crippen LogP contribution < -0.4 is 0 Å². The van der Waals surface area contributed by atoms with Crippen LogP contribution in [0.15, 0.2) is 48.5 Å². The SMILES string of the molecule is O=C(OCC1c2ccccc2-c2ccccc21)C(O)[C@H](O)[C@@H](O)CO. The molecule has 0 saturated heterocycles. The Kier molecular flexibility index (Phi) is 5.15. The van der Waals surface area contributed by atoms with Crippen molar-refractivity contribution < 1.29 is 30.0 Å². The number of ether oxygens (including phenoxy) is 1. The number of carbonyl (C=O) groups excluding carboxylic acids is 1. The van der Waals surface area contributed by atoms with Crippen molar-refractivity contribution in [3.63, 3.8) is 0 Å². The van der Waals surface area contributed by atoms with E-state index in [9.17, 15) is 20.1 Å². The summed E-state index contributed by atoms with van der Waals surface area (Å²) in [7, 11) is 0. The van der Waals surface area contributed by atoms with Crippen LogP contribution in [0.4, 0.5) is 0 Å². The van der Waals surface area contributed by atoms with Crippen LogP contribution in [0.1, 0.15) is 17.0 Å². The van der Waals surface area contributed by atoms with Gasteiger partial charge in [0, 0.05) is 5.92 Å². The van der Waals surface area contributed by atoms with Gasteiger partial charge in [-0.15, -0.1) is 0 Å². The lowest BCUT2D eigenvalue weighted by atomic mass is 9.98. The Bertz CT molecular complexity index is 714. The lowest BCUT2D eigenvalue weighted by Gasteiger charge is -2.21. The van der Waals surface area contributed by atoms with Crippen LogP contribution in [0.2, 0.25) is 0 Å². The van der Waals surface area contributed by atoms with Gasteiger partial charge >= 0.3 is 5.97 Å². The van der Waals surface area contributed by atoms with Crippen molar-refractivity contribution in [2.45, 2.75) is 24.2 Å². The molecule has 3 atom stereocenters. The van der Waals surface area contributed by atoms with Gasteiger partial charge in [0.05, 0.1) is 6.61 Å². The zero-order chi connectivity index (χ0) is 18.0. The minimum Gasteiger partial charge on any atom is -0.463 e. The first kappa shape index (κ1) is 17.6. The quantitative estimate of drug-likeness (QED) is 0.566. The van der Waals surface area contributed by atoms with Crippen molar-refractivity contribution in [1.82, 2.24) is 0 Å². The van der Waals surface area contributed by atoms with E-state index in [1.165, 1.54) is 0 Å². The van der Waals surface area contributed by atoms with Crippen molar-refractivity contribution in [2.75, 3.05) is 13.2 Å². The Balaban J connectivity index is 1.74. The predicted octanol–water partition coefficient (Wildman–Crippen LogP) is 0.417. The monoisotopic (exact) mass is 344 g/mol. The van der Waals surface area contributed by atoms with Gasteiger partial charge in [0.2, 0.25) is 0 Å². The first-order valence-corrected chi connectivity index (χ1v) is 8.04. The van der Waals surface area contributed by atoms with Gasteiger partial charge in [0.25, 0.3) is 0 Å². The molecule has 4 N–H and O–H groups in total. The fourth-order valence-corrected chi connectivity index (χ4v) is 3.15. The van der Waals surface area contributed by atoms with Gasteiger partial charge in [0.15, 0.2) is 6.10 Å². The average Bonchev–Trinajstić information content (AvgIpc) is 2.98. The number of hydrogen-bond donors (Lipinski definition) is 4. The van der Waals surface area contributed by atoms with Crippen LogP contribution in [0.5, 0.6) is 0 Å². The Hall–Kier alpha value is -2.25. The minimum atomic E-state index is -1.92. The number of rotatable bonds is 6. The van der Waals surface area contributed by atoms with Gasteiger partial charge in [-0.2, -0.15) is 0 Å². The van der Waals surface area contributed by atoms with Crippen LogP contribution in [-0.4, -0.2) is 57.9 Å². The summed E-state index contributed by atoms with van der Waals surface area (Å²) >= 11 is 0. The third-order valence-corrected chi connectivity index (χ3v) is 4.50. The molecule has 1 aliphatic rings. The van der Waals surface area contributed by atoms with E-state index in [2.05, 4.69) is 0 Å². The molecule has 2 aromatic carbocycles. The summed E-state index contributed by atoms with van der Waals surface area (Å²) in [6.07, 6.45) is -5.34. The molecule has 0 fully saturated rings. The summed E-state index contributed by atoms with van der Waals surface area (Å²) < 4.78 is 5.18. The second-order valence-electron chi connectivity index (χ2n) is 6.04. The van der Waals surface area contributed by atoms with E-state index in [1.807, 2.05) is 48.5 Å². The molecule has 6 heteroatoms. The molecule has 0 bridgehead atoms. The van der Waals surface area contributed by atoms with Gasteiger partial charge in [-0.05, 0) is 22.3 Å². The third-order valence-electron chi connectivity index (χ3n) is 4.50. The first-order chi connectivity index (χ1) is 12.0. The predicted molar refractivity (Wildman–Crippen MR) is 89.8 cm³/mol. The molecule has 2 aromatic rings. The number of fused-ring (bicyclic) bond motifs is 3. The highest BCUT2D eigenvalue weighted by Gasteiger charge is 2.33. The molecule has 0 spiro atoms. The van der Waals surface area contributed by atoms with E-state index in [-0.39, 0.29) is 12.5 Å². The van der Waals surface area contributed by atoms with Gasteiger partial charge in [-0.1, -0.05) is 48.5 Å². The number of aliphatic hydroxyl groups is 4. The lowest BCUT2D eigenvalue weighted by Crippen LogP contribution is -2.44. The van der Waals surface area contributed by atoms with Crippen LogP contribution >= 0.6 is 0 Å². The number of aliphatic hydroxyl groups excluding tert-OH is 4. The molecule has 0 heterocycles. The summed E-state index contributed by atoms with van der Waals surface area (Å²) in [6.45, 7) is -0.763. The highest BCUT2D eigenvalue weighted by molar-refractivity contribution is 5.79. The van der Waals surface area contributed by atoms with Crippen LogP contribution in [-0.2, 0) is 9.53 Å². The molecular formula is C19H20O6. The smallest absolute Gasteiger partial charge is 0.337 e. The number of hydrogen-bond acceptors (Lipinski definition) is 6. The van der Waals surface area contributed by atoms with E-state index in [1.54, 1.807) is 0 Å². The van der Waals surface area contributed by atoms with Crippen LogP contribution in [0, 0.1) is 0 Å². The molecule has 25 heavy (non-hydrogen) atoms. The van der Waals surface area contributed by atoms with Gasteiger partial charge in [-0.25, -0.2) is 4.79 Å². The fourth-order valence-electron chi connectivity index (χ4n) is 3.15. The van der Waals surface area contributed by atoms with Crippen molar-refractivity contribution in [3.05, 3.63) is 59.7 Å². The molecule has 0 aliphatic heterocycles. The van der Waals surface area contributed by atoms with Gasteiger partial charge < -0.3 is 25.2 Å². The highest BCUT2D eigenvalue weighted by atomic mass is 16.5. The number of benzene rings is 2. The molecular weight excluding hydrogens is 324 g/mol. The maximum absolute atomic E-state index is 12.0. The van der Waals surface area contributed by atoms with Crippen molar-refractivity contribution in [1.29, 1.82) is 0 Å². The largest absolute Gasteiger partial charge is 0.463 e. The van der Waals surface area contributed by atoms with Gasteiger partial charge in [0.1, 0.15) is 18.8 Å². The summed E-state index contributed by atoms with van der Waals surface area (Å²) in [5.74, 6) is -1.20. The molecule has 0 saturated carbocycles. The molecule has 132 valence electrons. The Morgan fingerprint density at radius 2 is 1.48 bits per heavy atom. The summed E-state index contributed by atoms with van der Waals surface area (Å²) in [5.41, 5.74) is 4.22. The number of carbonyl (C=O) groups is 1. The van der Waals surface area contributed by atoms with E-state index >= 15 is 0 Å². The molecule has 0 radical (unpaired) electrons. The zero-order valence-electron chi connectivity index (χ0n) is 13.4. The minimum absolute atomic E-state index is 0.00581. The highest BCUT2D eigenvalue weighted by Crippen LogP contribution is 2.44. The Morgan fingerprint density at radius 3 is 2.00 bits per heavy atom. The molecule has 0 amide bonds. The van der Waals surface area contributed by atoms with E-state index in [0.717, 1.165) is 22.3 Å². The van der Waals surface area contributed by atoms with Crippen molar-refractivity contribution in [2.24, 2.45) is 0 Å². The topological polar surface area (TPSA) is 107 Å². The van der Waals surface area contributed by atoms with Gasteiger partial charge in [-0.3, -0.25) is 0 Å². The normalized spacial score (nSPS) is 16.6. The summed E-state index contributed by atoms with van der Waals surface area (Å²) in [5, 5.41) is 37.5. The standard InChI is InChI=1S/C19H20O6/c20-9-16(21)17(22)18(23)19(24)25-10-15-13-7-3-1-5-11(13)12-6-2-4-8-14(12)15/h1-8,15-18,20-23H,9-10H2/t16-,17+,18?/m0/s1. The van der Waals surface area contributed by atoms with Crippen LogP contribution in [0.25, 0.3) is 11.1 Å². The van der Waals surface area contributed by atoms with E-state index in [4.69, 9.17) is 9.84 Å². The van der Waals surface area contributed by atoms with Crippen LogP contribution in [0.3, 0.4) is 0 Å². The summed E-state index contributed by atoms with van der Waals surface area (Å²) in [4.78, 5) is 12.0. The molecule has 0 aromatic heterocycles. The molecule has 1 unspecified atom stereocenters. The van der Waals surface area contributed by atoms with Crippen molar-refractivity contribution in [3.8, 4) is 11.1 Å². The average molecular weight is 344 g/mol. The second kappa shape index (κ2) is 7.33. The van der Waals surface area contributed by atoms with E-state index < -0.39 is 30.9 Å². The second-order valence-corrected chi connectivity index (χ2v) is 6.04.